The fourth-order valence-electron chi connectivity index (χ4n) is 2.35. The van der Waals surface area contributed by atoms with Crippen LogP contribution in [-0.4, -0.2) is 44.7 Å². The van der Waals surface area contributed by atoms with Gasteiger partial charge in [-0.25, -0.2) is 0 Å². The first-order valence-corrected chi connectivity index (χ1v) is 7.71. The molecule has 0 aliphatic rings. The van der Waals surface area contributed by atoms with Crippen LogP contribution in [0.5, 0.6) is 5.75 Å². The second-order valence-corrected chi connectivity index (χ2v) is 5.41. The Labute approximate surface area is 124 Å². The van der Waals surface area contributed by atoms with Crippen LogP contribution in [0.1, 0.15) is 32.3 Å². The number of likely N-dealkylation sites (N-methyl/N-ethyl adjacent to an activating group) is 1. The van der Waals surface area contributed by atoms with Gasteiger partial charge in [0.2, 0.25) is 0 Å². The summed E-state index contributed by atoms with van der Waals surface area (Å²) in [6.07, 6.45) is 3.53. The van der Waals surface area contributed by atoms with Crippen LogP contribution in [0.25, 0.3) is 0 Å². The van der Waals surface area contributed by atoms with Crippen LogP contribution >= 0.6 is 0 Å². The van der Waals surface area contributed by atoms with Gasteiger partial charge in [0.25, 0.3) is 0 Å². The molecule has 0 aromatic heterocycles. The maximum Gasteiger partial charge on any atom is 0.122 e. The number of nitrogens with zero attached hydrogens (tertiary/aromatic N) is 1. The molecule has 3 heteroatoms. The van der Waals surface area contributed by atoms with Crippen LogP contribution in [0.3, 0.4) is 0 Å². The van der Waals surface area contributed by atoms with E-state index in [-0.39, 0.29) is 0 Å². The third-order valence-electron chi connectivity index (χ3n) is 3.82. The van der Waals surface area contributed by atoms with Crippen molar-refractivity contribution >= 4 is 0 Å². The molecule has 0 saturated carbocycles. The molecular formula is C17H30N2O. The lowest BCUT2D eigenvalue weighted by Crippen LogP contribution is -2.32. The third kappa shape index (κ3) is 5.93. The van der Waals surface area contributed by atoms with Crippen molar-refractivity contribution in [1.82, 2.24) is 10.2 Å². The SMILES string of the molecule is CCNCCCCN(C)C(C)Cc1ccccc1OC. The smallest absolute Gasteiger partial charge is 0.122 e. The van der Waals surface area contributed by atoms with Crippen LogP contribution in [0.2, 0.25) is 0 Å². The number of rotatable bonds is 10. The number of benzene rings is 1. The van der Waals surface area contributed by atoms with E-state index in [0.29, 0.717) is 6.04 Å². The first-order chi connectivity index (χ1) is 9.69. The van der Waals surface area contributed by atoms with E-state index in [4.69, 9.17) is 4.74 Å². The summed E-state index contributed by atoms with van der Waals surface area (Å²) in [5.41, 5.74) is 1.29. The highest BCUT2D eigenvalue weighted by molar-refractivity contribution is 5.33. The van der Waals surface area contributed by atoms with Gasteiger partial charge in [-0.05, 0) is 64.5 Å². The van der Waals surface area contributed by atoms with Gasteiger partial charge in [-0.15, -0.1) is 0 Å². The van der Waals surface area contributed by atoms with E-state index in [2.05, 4.69) is 43.2 Å². The molecule has 0 aliphatic carbocycles. The van der Waals surface area contributed by atoms with E-state index in [1.54, 1.807) is 7.11 Å². The van der Waals surface area contributed by atoms with E-state index in [1.165, 1.54) is 18.4 Å². The first-order valence-electron chi connectivity index (χ1n) is 7.71. The Morgan fingerprint density at radius 1 is 1.25 bits per heavy atom. The van der Waals surface area contributed by atoms with Crippen LogP contribution in [0.15, 0.2) is 24.3 Å². The molecule has 3 nitrogen and oxygen atoms in total. The Hall–Kier alpha value is -1.06. The lowest BCUT2D eigenvalue weighted by Gasteiger charge is -2.25. The summed E-state index contributed by atoms with van der Waals surface area (Å²) in [5.74, 6) is 1.000. The topological polar surface area (TPSA) is 24.5 Å². The van der Waals surface area contributed by atoms with Crippen molar-refractivity contribution in [2.75, 3.05) is 33.8 Å². The standard InChI is InChI=1S/C17H30N2O/c1-5-18-12-8-9-13-19(3)15(2)14-16-10-6-7-11-17(16)20-4/h6-7,10-11,15,18H,5,8-9,12-14H2,1-4H3. The molecule has 0 spiro atoms. The van der Waals surface area contributed by atoms with Crippen molar-refractivity contribution < 1.29 is 4.74 Å². The lowest BCUT2D eigenvalue weighted by molar-refractivity contribution is 0.249. The zero-order valence-corrected chi connectivity index (χ0v) is 13.5. The molecule has 1 atom stereocenters. The number of nitrogens with one attached hydrogen (secondary N) is 1. The van der Waals surface area contributed by atoms with Gasteiger partial charge >= 0.3 is 0 Å². The zero-order valence-electron chi connectivity index (χ0n) is 13.5. The second-order valence-electron chi connectivity index (χ2n) is 5.41. The van der Waals surface area contributed by atoms with Gasteiger partial charge in [-0.3, -0.25) is 0 Å². The maximum atomic E-state index is 5.42. The minimum absolute atomic E-state index is 0.533. The van der Waals surface area contributed by atoms with Crippen LogP contribution < -0.4 is 10.1 Å². The molecular weight excluding hydrogens is 248 g/mol. The maximum absolute atomic E-state index is 5.42. The summed E-state index contributed by atoms with van der Waals surface area (Å²) >= 11 is 0. The van der Waals surface area contributed by atoms with Crippen molar-refractivity contribution in [3.63, 3.8) is 0 Å². The van der Waals surface area contributed by atoms with Crippen LogP contribution in [0, 0.1) is 0 Å². The van der Waals surface area contributed by atoms with Crippen molar-refractivity contribution in [3.8, 4) is 5.75 Å². The predicted molar refractivity (Wildman–Crippen MR) is 86.6 cm³/mol. The summed E-state index contributed by atoms with van der Waals surface area (Å²) in [4.78, 5) is 2.44. The molecule has 1 N–H and O–H groups in total. The highest BCUT2D eigenvalue weighted by Crippen LogP contribution is 2.20. The summed E-state index contributed by atoms with van der Waals surface area (Å²) in [7, 11) is 3.96. The van der Waals surface area contributed by atoms with Crippen molar-refractivity contribution in [1.29, 1.82) is 0 Å². The number of para-hydroxylation sites is 1. The molecule has 0 radical (unpaired) electrons. The second kappa shape index (κ2) is 9.78. The van der Waals surface area contributed by atoms with Crippen molar-refractivity contribution in [2.24, 2.45) is 0 Å². The van der Waals surface area contributed by atoms with E-state index >= 15 is 0 Å². The van der Waals surface area contributed by atoms with Gasteiger partial charge in [-0.1, -0.05) is 25.1 Å². The molecule has 1 aromatic carbocycles. The fourth-order valence-corrected chi connectivity index (χ4v) is 2.35. The Morgan fingerprint density at radius 3 is 2.70 bits per heavy atom. The van der Waals surface area contributed by atoms with Crippen LogP contribution in [0.4, 0.5) is 0 Å². The molecule has 0 bridgehead atoms. The van der Waals surface area contributed by atoms with Gasteiger partial charge in [0.15, 0.2) is 0 Å². The highest BCUT2D eigenvalue weighted by Gasteiger charge is 2.12. The van der Waals surface area contributed by atoms with Crippen LogP contribution in [-0.2, 0) is 6.42 Å². The Balaban J connectivity index is 2.35. The third-order valence-corrected chi connectivity index (χ3v) is 3.82. The van der Waals surface area contributed by atoms with E-state index in [1.807, 2.05) is 12.1 Å². The summed E-state index contributed by atoms with van der Waals surface area (Å²) in [6, 6.07) is 8.84. The molecule has 1 unspecified atom stereocenters. The van der Waals surface area contributed by atoms with Crippen molar-refractivity contribution in [3.05, 3.63) is 29.8 Å². The average Bonchev–Trinajstić information content (AvgIpc) is 2.47. The van der Waals surface area contributed by atoms with Gasteiger partial charge in [-0.2, -0.15) is 0 Å². The molecule has 0 heterocycles. The first kappa shape index (κ1) is 17.0. The van der Waals surface area contributed by atoms with Gasteiger partial charge in [0.05, 0.1) is 7.11 Å². The number of unbranched alkanes of at least 4 members (excludes halogenated alkanes) is 1. The number of hydrogen-bond donors (Lipinski definition) is 1. The number of ether oxygens (including phenoxy) is 1. The minimum Gasteiger partial charge on any atom is -0.496 e. The molecule has 114 valence electrons. The Kier molecular flexibility index (Phi) is 8.31. The molecule has 0 saturated heterocycles. The zero-order chi connectivity index (χ0) is 14.8. The van der Waals surface area contributed by atoms with E-state index in [0.717, 1.165) is 31.8 Å². The van der Waals surface area contributed by atoms with Gasteiger partial charge in [0, 0.05) is 6.04 Å². The summed E-state index contributed by atoms with van der Waals surface area (Å²) in [6.45, 7) is 7.80. The number of methoxy groups -OCH3 is 1. The highest BCUT2D eigenvalue weighted by atomic mass is 16.5. The van der Waals surface area contributed by atoms with E-state index < -0.39 is 0 Å². The van der Waals surface area contributed by atoms with E-state index in [9.17, 15) is 0 Å². The molecule has 1 aromatic rings. The predicted octanol–water partition coefficient (Wildman–Crippen LogP) is 2.95. The van der Waals surface area contributed by atoms with Gasteiger partial charge < -0.3 is 15.0 Å². The number of hydrogen-bond acceptors (Lipinski definition) is 3. The summed E-state index contributed by atoms with van der Waals surface area (Å²) in [5, 5.41) is 3.37. The summed E-state index contributed by atoms with van der Waals surface area (Å²) < 4.78 is 5.42. The van der Waals surface area contributed by atoms with Gasteiger partial charge in [0.1, 0.15) is 5.75 Å². The Morgan fingerprint density at radius 2 is 2.00 bits per heavy atom. The lowest BCUT2D eigenvalue weighted by atomic mass is 10.0. The average molecular weight is 278 g/mol. The quantitative estimate of drug-likeness (QED) is 0.666. The molecule has 0 amide bonds. The molecule has 0 aliphatic heterocycles. The Bertz CT molecular complexity index is 368. The minimum atomic E-state index is 0.533. The molecule has 20 heavy (non-hydrogen) atoms. The molecule has 1 rings (SSSR count). The molecule has 0 fully saturated rings. The largest absolute Gasteiger partial charge is 0.496 e. The monoisotopic (exact) mass is 278 g/mol. The fraction of sp³-hybridized carbons (Fsp3) is 0.647. The van der Waals surface area contributed by atoms with Crippen molar-refractivity contribution in [2.45, 2.75) is 39.2 Å². The normalized spacial score (nSPS) is 12.7.